The molecule has 0 amide bonds. The minimum Gasteiger partial charge on any atom is -0.474 e. The van der Waals surface area contributed by atoms with Crippen LogP contribution in [0.4, 0.5) is 0 Å². The number of ether oxygens (including phenoxy) is 3. The first-order valence-corrected chi connectivity index (χ1v) is 15.3. The van der Waals surface area contributed by atoms with E-state index < -0.39 is 17.5 Å². The molecule has 0 spiro atoms. The van der Waals surface area contributed by atoms with E-state index in [1.165, 1.54) is 57.8 Å². The number of carbonyl (C=O) groups is 2. The van der Waals surface area contributed by atoms with Crippen LogP contribution in [0.1, 0.15) is 125 Å². The lowest BCUT2D eigenvalue weighted by atomic mass is 10.1. The summed E-state index contributed by atoms with van der Waals surface area (Å²) in [6.07, 6.45) is 15.6. The Labute approximate surface area is 240 Å². The van der Waals surface area contributed by atoms with Crippen LogP contribution in [0, 0.1) is 5.92 Å². The molecule has 0 aliphatic rings. The number of halogens is 1. The van der Waals surface area contributed by atoms with E-state index in [2.05, 4.69) is 6.92 Å². The summed E-state index contributed by atoms with van der Waals surface area (Å²) in [5, 5.41) is 0. The SMILES string of the molecule is CCCCCCCCCCCCCC(Cl)Oc1ccccc1C(=O)Oc1ccccc1C(=O)OC[C@@H](C)CC. The lowest BCUT2D eigenvalue weighted by Gasteiger charge is -2.16. The van der Waals surface area contributed by atoms with Gasteiger partial charge in [-0.1, -0.05) is 127 Å². The molecule has 1 unspecified atom stereocenters. The molecule has 0 bridgehead atoms. The summed E-state index contributed by atoms with van der Waals surface area (Å²) < 4.78 is 16.9. The van der Waals surface area contributed by atoms with E-state index in [0.29, 0.717) is 18.8 Å². The first-order chi connectivity index (χ1) is 19.0. The highest BCUT2D eigenvalue weighted by molar-refractivity contribution is 6.19. The standard InChI is InChI=1S/C33H47ClO5/c1-4-6-7-8-9-10-11-12-13-14-15-24-31(34)38-29-22-18-17-21-28(29)33(36)39-30-23-19-16-20-27(30)32(35)37-25-26(3)5-2/h16-23,26,31H,4-15,24-25H2,1-3H3/t26-,31?/m0/s1. The van der Waals surface area contributed by atoms with Gasteiger partial charge in [-0.15, -0.1) is 0 Å². The summed E-state index contributed by atoms with van der Waals surface area (Å²) in [6, 6.07) is 13.5. The number of unbranched alkanes of at least 4 members (excludes halogenated alkanes) is 10. The zero-order valence-electron chi connectivity index (χ0n) is 24.1. The predicted molar refractivity (Wildman–Crippen MR) is 159 cm³/mol. The molecule has 0 saturated carbocycles. The number of para-hydroxylation sites is 2. The minimum atomic E-state index is -0.619. The van der Waals surface area contributed by atoms with Gasteiger partial charge in [-0.05, 0) is 43.0 Å². The van der Waals surface area contributed by atoms with Crippen molar-refractivity contribution in [2.45, 2.75) is 110 Å². The largest absolute Gasteiger partial charge is 0.474 e. The summed E-state index contributed by atoms with van der Waals surface area (Å²) >= 11 is 6.48. The molecule has 0 aliphatic carbocycles. The number of alkyl halides is 1. The average molecular weight is 559 g/mol. The van der Waals surface area contributed by atoms with Crippen molar-refractivity contribution in [3.63, 3.8) is 0 Å². The Balaban J connectivity index is 1.81. The van der Waals surface area contributed by atoms with Crippen LogP contribution < -0.4 is 9.47 Å². The molecule has 2 aromatic rings. The van der Waals surface area contributed by atoms with E-state index in [0.717, 1.165) is 19.3 Å². The van der Waals surface area contributed by atoms with E-state index in [-0.39, 0.29) is 22.8 Å². The lowest BCUT2D eigenvalue weighted by molar-refractivity contribution is 0.0442. The van der Waals surface area contributed by atoms with Gasteiger partial charge < -0.3 is 14.2 Å². The molecule has 0 fully saturated rings. The molecule has 0 saturated heterocycles. The maximum Gasteiger partial charge on any atom is 0.347 e. The molecule has 2 atom stereocenters. The smallest absolute Gasteiger partial charge is 0.347 e. The third-order valence-corrected chi connectivity index (χ3v) is 7.21. The number of rotatable bonds is 20. The minimum absolute atomic E-state index is 0.148. The maximum atomic E-state index is 13.1. The van der Waals surface area contributed by atoms with Crippen molar-refractivity contribution in [1.29, 1.82) is 0 Å². The fraction of sp³-hybridized carbons (Fsp3) is 0.576. The number of hydrogen-bond donors (Lipinski definition) is 0. The third kappa shape index (κ3) is 12.9. The van der Waals surface area contributed by atoms with Crippen LogP contribution in [0.25, 0.3) is 0 Å². The van der Waals surface area contributed by atoms with Gasteiger partial charge in [0.1, 0.15) is 22.6 Å². The Morgan fingerprint density at radius 3 is 1.82 bits per heavy atom. The average Bonchev–Trinajstić information content (AvgIpc) is 2.95. The van der Waals surface area contributed by atoms with Gasteiger partial charge in [0.2, 0.25) is 0 Å². The van der Waals surface area contributed by atoms with Crippen LogP contribution in [-0.2, 0) is 4.74 Å². The molecular formula is C33H47ClO5. The fourth-order valence-corrected chi connectivity index (χ4v) is 4.45. The highest BCUT2D eigenvalue weighted by Gasteiger charge is 2.21. The van der Waals surface area contributed by atoms with Crippen molar-refractivity contribution >= 4 is 23.5 Å². The Morgan fingerprint density at radius 1 is 0.718 bits per heavy atom. The second-order valence-corrected chi connectivity index (χ2v) is 10.8. The quantitative estimate of drug-likeness (QED) is 0.0700. The van der Waals surface area contributed by atoms with Gasteiger partial charge in [-0.25, -0.2) is 9.59 Å². The second-order valence-electron chi connectivity index (χ2n) is 10.3. The van der Waals surface area contributed by atoms with Crippen molar-refractivity contribution in [2.75, 3.05) is 6.61 Å². The molecule has 2 aromatic carbocycles. The first kappa shape index (κ1) is 32.7. The van der Waals surface area contributed by atoms with E-state index in [1.54, 1.807) is 48.5 Å². The third-order valence-electron chi connectivity index (χ3n) is 6.90. The molecule has 39 heavy (non-hydrogen) atoms. The predicted octanol–water partition coefficient (Wildman–Crippen LogP) is 9.75. The summed E-state index contributed by atoms with van der Waals surface area (Å²) in [5.41, 5.74) is -0.0792. The van der Waals surface area contributed by atoms with Gasteiger partial charge in [0.15, 0.2) is 5.56 Å². The molecule has 5 nitrogen and oxygen atoms in total. The van der Waals surface area contributed by atoms with Gasteiger partial charge >= 0.3 is 11.9 Å². The molecular weight excluding hydrogens is 512 g/mol. The molecule has 0 N–H and O–H groups in total. The Hall–Kier alpha value is -2.53. The van der Waals surface area contributed by atoms with Gasteiger partial charge in [0, 0.05) is 0 Å². The van der Waals surface area contributed by atoms with Crippen LogP contribution >= 0.6 is 11.6 Å². The lowest BCUT2D eigenvalue weighted by Crippen LogP contribution is -2.17. The highest BCUT2D eigenvalue weighted by Crippen LogP contribution is 2.26. The summed E-state index contributed by atoms with van der Waals surface area (Å²) in [4.78, 5) is 25.7. The van der Waals surface area contributed by atoms with E-state index >= 15 is 0 Å². The Morgan fingerprint density at radius 2 is 1.23 bits per heavy atom. The van der Waals surface area contributed by atoms with Crippen molar-refractivity contribution in [3.05, 3.63) is 59.7 Å². The zero-order chi connectivity index (χ0) is 28.3. The Bertz CT molecular complexity index is 976. The van der Waals surface area contributed by atoms with E-state index in [1.807, 2.05) is 13.8 Å². The summed E-state index contributed by atoms with van der Waals surface area (Å²) in [6.45, 7) is 6.61. The van der Waals surface area contributed by atoms with Crippen LogP contribution in [0.2, 0.25) is 0 Å². The van der Waals surface area contributed by atoms with Gasteiger partial charge in [0.25, 0.3) is 0 Å². The maximum absolute atomic E-state index is 13.1. The number of hydrogen-bond acceptors (Lipinski definition) is 5. The number of carbonyl (C=O) groups excluding carboxylic acids is 2. The molecule has 0 heterocycles. The highest BCUT2D eigenvalue weighted by atomic mass is 35.5. The van der Waals surface area contributed by atoms with E-state index in [9.17, 15) is 9.59 Å². The normalized spacial score (nSPS) is 12.5. The van der Waals surface area contributed by atoms with Crippen molar-refractivity contribution < 1.29 is 23.8 Å². The first-order valence-electron chi connectivity index (χ1n) is 14.8. The molecule has 0 radical (unpaired) electrons. The van der Waals surface area contributed by atoms with Crippen LogP contribution in [0.15, 0.2) is 48.5 Å². The summed E-state index contributed by atoms with van der Waals surface area (Å²) in [7, 11) is 0. The Kier molecular flexibility index (Phi) is 16.4. The van der Waals surface area contributed by atoms with Gasteiger partial charge in [0.05, 0.1) is 6.61 Å². The molecule has 0 aromatic heterocycles. The molecule has 2 rings (SSSR count). The molecule has 6 heteroatoms. The van der Waals surface area contributed by atoms with Crippen molar-refractivity contribution in [1.82, 2.24) is 0 Å². The van der Waals surface area contributed by atoms with E-state index in [4.69, 9.17) is 25.8 Å². The van der Waals surface area contributed by atoms with Crippen molar-refractivity contribution in [3.8, 4) is 11.5 Å². The fourth-order valence-electron chi connectivity index (χ4n) is 4.20. The van der Waals surface area contributed by atoms with Crippen LogP contribution in [0.5, 0.6) is 11.5 Å². The van der Waals surface area contributed by atoms with Crippen LogP contribution in [-0.4, -0.2) is 24.1 Å². The number of esters is 2. The zero-order valence-corrected chi connectivity index (χ0v) is 24.8. The number of benzene rings is 2. The summed E-state index contributed by atoms with van der Waals surface area (Å²) in [5.74, 6) is -0.374. The molecule has 0 aliphatic heterocycles. The van der Waals surface area contributed by atoms with Crippen LogP contribution in [0.3, 0.4) is 0 Å². The molecule has 216 valence electrons. The topological polar surface area (TPSA) is 61.8 Å². The van der Waals surface area contributed by atoms with Gasteiger partial charge in [-0.2, -0.15) is 0 Å². The second kappa shape index (κ2) is 19.5. The van der Waals surface area contributed by atoms with Crippen molar-refractivity contribution in [2.24, 2.45) is 5.92 Å². The monoisotopic (exact) mass is 558 g/mol. The van der Waals surface area contributed by atoms with Gasteiger partial charge in [-0.3, -0.25) is 0 Å².